The minimum absolute atomic E-state index is 0.0953. The Morgan fingerprint density at radius 3 is 2.37 bits per heavy atom. The molecule has 0 heterocycles. The largest absolute Gasteiger partial charge is 0.204 e. The molecular formula is C14H9BrCl2F2. The van der Waals surface area contributed by atoms with Gasteiger partial charge in [0.1, 0.15) is 0 Å². The Labute approximate surface area is 128 Å². The first kappa shape index (κ1) is 14.8. The highest BCUT2D eigenvalue weighted by atomic mass is 79.9. The van der Waals surface area contributed by atoms with E-state index in [1.54, 1.807) is 18.2 Å². The van der Waals surface area contributed by atoms with E-state index >= 15 is 0 Å². The molecule has 0 saturated heterocycles. The number of rotatable bonds is 3. The van der Waals surface area contributed by atoms with Crippen molar-refractivity contribution in [3.05, 3.63) is 69.2 Å². The van der Waals surface area contributed by atoms with E-state index in [4.69, 9.17) is 23.2 Å². The lowest BCUT2D eigenvalue weighted by molar-refractivity contribution is 0.507. The molecule has 0 radical (unpaired) electrons. The molecule has 1 unspecified atom stereocenters. The zero-order chi connectivity index (χ0) is 14.0. The van der Waals surface area contributed by atoms with Gasteiger partial charge in [-0.05, 0) is 41.8 Å². The van der Waals surface area contributed by atoms with E-state index in [-0.39, 0.29) is 4.83 Å². The van der Waals surface area contributed by atoms with Gasteiger partial charge in [-0.25, -0.2) is 8.78 Å². The third-order valence-electron chi connectivity index (χ3n) is 2.70. The Hall–Kier alpha value is -0.640. The van der Waals surface area contributed by atoms with Gasteiger partial charge in [0.25, 0.3) is 0 Å². The molecule has 0 bridgehead atoms. The molecule has 5 heteroatoms. The zero-order valence-electron chi connectivity index (χ0n) is 9.64. The van der Waals surface area contributed by atoms with Gasteiger partial charge in [-0.15, -0.1) is 0 Å². The topological polar surface area (TPSA) is 0 Å². The van der Waals surface area contributed by atoms with Crippen LogP contribution in [-0.2, 0) is 6.42 Å². The van der Waals surface area contributed by atoms with Crippen LogP contribution in [0, 0.1) is 11.6 Å². The minimum Gasteiger partial charge on any atom is -0.204 e. The van der Waals surface area contributed by atoms with Crippen molar-refractivity contribution < 1.29 is 8.78 Å². The summed E-state index contributed by atoms with van der Waals surface area (Å²) in [6.45, 7) is 0. The second kappa shape index (κ2) is 6.21. The van der Waals surface area contributed by atoms with Crippen molar-refractivity contribution in [2.75, 3.05) is 0 Å². The Bertz CT molecular complexity index is 602. The zero-order valence-corrected chi connectivity index (χ0v) is 12.7. The summed E-state index contributed by atoms with van der Waals surface area (Å²) in [5.41, 5.74) is 1.54. The van der Waals surface area contributed by atoms with E-state index in [0.717, 1.165) is 11.6 Å². The fourth-order valence-corrected chi connectivity index (χ4v) is 3.18. The highest BCUT2D eigenvalue weighted by molar-refractivity contribution is 9.09. The molecule has 19 heavy (non-hydrogen) atoms. The summed E-state index contributed by atoms with van der Waals surface area (Å²) in [5.74, 6) is -1.70. The predicted octanol–water partition coefficient (Wildman–Crippen LogP) is 5.95. The van der Waals surface area contributed by atoms with Gasteiger partial charge < -0.3 is 0 Å². The summed E-state index contributed by atoms with van der Waals surface area (Å²) < 4.78 is 26.0. The van der Waals surface area contributed by atoms with Crippen molar-refractivity contribution in [3.8, 4) is 0 Å². The van der Waals surface area contributed by atoms with E-state index in [1.165, 1.54) is 6.07 Å². The average molecular weight is 366 g/mol. The molecule has 100 valence electrons. The molecule has 0 aromatic heterocycles. The molecule has 0 fully saturated rings. The van der Waals surface area contributed by atoms with E-state index in [2.05, 4.69) is 15.9 Å². The second-order valence-electron chi connectivity index (χ2n) is 4.09. The van der Waals surface area contributed by atoms with Crippen molar-refractivity contribution in [3.63, 3.8) is 0 Å². The van der Waals surface area contributed by atoms with Gasteiger partial charge in [0.15, 0.2) is 11.6 Å². The van der Waals surface area contributed by atoms with E-state index in [9.17, 15) is 8.78 Å². The Balaban J connectivity index is 2.20. The minimum atomic E-state index is -0.848. The molecule has 0 amide bonds. The Morgan fingerprint density at radius 2 is 1.74 bits per heavy atom. The van der Waals surface area contributed by atoms with Crippen LogP contribution in [0.3, 0.4) is 0 Å². The Morgan fingerprint density at radius 1 is 1.00 bits per heavy atom. The van der Waals surface area contributed by atoms with Crippen LogP contribution in [0.4, 0.5) is 8.78 Å². The molecule has 0 N–H and O–H groups in total. The molecule has 0 aliphatic rings. The summed E-state index contributed by atoms with van der Waals surface area (Å²) in [4.78, 5) is -0.0953. The Kier molecular flexibility index (Phi) is 4.82. The fourth-order valence-electron chi connectivity index (χ4n) is 1.74. The summed E-state index contributed by atoms with van der Waals surface area (Å²) in [6.07, 6.45) is 0.499. The lowest BCUT2D eigenvalue weighted by Crippen LogP contribution is -1.98. The van der Waals surface area contributed by atoms with Crippen molar-refractivity contribution in [1.29, 1.82) is 0 Å². The average Bonchev–Trinajstić information content (AvgIpc) is 2.33. The highest BCUT2D eigenvalue weighted by Crippen LogP contribution is 2.34. The first-order valence-corrected chi connectivity index (χ1v) is 7.17. The van der Waals surface area contributed by atoms with Crippen LogP contribution < -0.4 is 0 Å². The van der Waals surface area contributed by atoms with Crippen LogP contribution in [0.5, 0.6) is 0 Å². The maximum Gasteiger partial charge on any atom is 0.159 e. The molecule has 0 spiro atoms. The van der Waals surface area contributed by atoms with Gasteiger partial charge in [-0.2, -0.15) is 0 Å². The fraction of sp³-hybridized carbons (Fsp3) is 0.143. The molecule has 2 rings (SSSR count). The van der Waals surface area contributed by atoms with Crippen LogP contribution in [0.2, 0.25) is 10.0 Å². The van der Waals surface area contributed by atoms with Crippen molar-refractivity contribution in [1.82, 2.24) is 0 Å². The van der Waals surface area contributed by atoms with Crippen molar-refractivity contribution >= 4 is 39.1 Å². The van der Waals surface area contributed by atoms with E-state index in [0.29, 0.717) is 22.0 Å². The molecule has 2 aromatic carbocycles. The van der Waals surface area contributed by atoms with Crippen molar-refractivity contribution in [2.24, 2.45) is 0 Å². The van der Waals surface area contributed by atoms with E-state index < -0.39 is 11.6 Å². The molecule has 0 aliphatic heterocycles. The molecule has 0 nitrogen and oxygen atoms in total. The van der Waals surface area contributed by atoms with Crippen molar-refractivity contribution in [2.45, 2.75) is 11.2 Å². The summed E-state index contributed by atoms with van der Waals surface area (Å²) in [6, 6.07) is 9.06. The van der Waals surface area contributed by atoms with Crippen LogP contribution in [-0.4, -0.2) is 0 Å². The molecular weight excluding hydrogens is 357 g/mol. The normalized spacial score (nSPS) is 12.5. The van der Waals surface area contributed by atoms with Gasteiger partial charge in [-0.1, -0.05) is 51.3 Å². The lowest BCUT2D eigenvalue weighted by Gasteiger charge is -2.12. The third kappa shape index (κ3) is 3.68. The molecule has 1 atom stereocenters. The monoisotopic (exact) mass is 364 g/mol. The van der Waals surface area contributed by atoms with Gasteiger partial charge >= 0.3 is 0 Å². The first-order chi connectivity index (χ1) is 8.97. The van der Waals surface area contributed by atoms with Crippen LogP contribution in [0.15, 0.2) is 36.4 Å². The molecule has 0 aliphatic carbocycles. The molecule has 0 saturated carbocycles. The maximum absolute atomic E-state index is 13.1. The summed E-state index contributed by atoms with van der Waals surface area (Å²) in [7, 11) is 0. The predicted molar refractivity (Wildman–Crippen MR) is 78.2 cm³/mol. The number of halogens is 5. The quantitative estimate of drug-likeness (QED) is 0.589. The lowest BCUT2D eigenvalue weighted by atomic mass is 10.0. The van der Waals surface area contributed by atoms with Gasteiger partial charge in [0.05, 0.1) is 0 Å². The smallest absolute Gasteiger partial charge is 0.159 e. The number of hydrogen-bond acceptors (Lipinski definition) is 0. The molecule has 2 aromatic rings. The van der Waals surface area contributed by atoms with Gasteiger partial charge in [-0.3, -0.25) is 0 Å². The van der Waals surface area contributed by atoms with Crippen LogP contribution >= 0.6 is 39.1 Å². The summed E-state index contributed by atoms with van der Waals surface area (Å²) >= 11 is 15.4. The second-order valence-corrected chi connectivity index (χ2v) is 6.03. The number of benzene rings is 2. The first-order valence-electron chi connectivity index (χ1n) is 5.50. The number of hydrogen-bond donors (Lipinski definition) is 0. The maximum atomic E-state index is 13.1. The van der Waals surface area contributed by atoms with E-state index in [1.807, 2.05) is 6.07 Å². The van der Waals surface area contributed by atoms with Crippen LogP contribution in [0.25, 0.3) is 0 Å². The van der Waals surface area contributed by atoms with Gasteiger partial charge in [0.2, 0.25) is 0 Å². The highest BCUT2D eigenvalue weighted by Gasteiger charge is 2.13. The van der Waals surface area contributed by atoms with Crippen LogP contribution in [0.1, 0.15) is 16.0 Å². The SMILES string of the molecule is Fc1ccc(CC(Br)c2ccc(Cl)cc2Cl)cc1F. The number of alkyl halides is 1. The summed E-state index contributed by atoms with van der Waals surface area (Å²) in [5, 5.41) is 1.10. The third-order valence-corrected chi connectivity index (χ3v) is 4.08. The van der Waals surface area contributed by atoms with Gasteiger partial charge in [0, 0.05) is 14.9 Å². The standard InChI is InChI=1S/C14H9BrCl2F2/c15-11(10-3-2-9(16)7-12(10)17)5-8-1-4-13(18)14(19)6-8/h1-4,6-7,11H,5H2.